The first-order valence-electron chi connectivity index (χ1n) is 5.66. The Hall–Kier alpha value is -1.01. The van der Waals surface area contributed by atoms with Gasteiger partial charge in [-0.15, -0.1) is 0 Å². The number of piperidine rings is 1. The van der Waals surface area contributed by atoms with Crippen LogP contribution >= 0.6 is 23.4 Å². The summed E-state index contributed by atoms with van der Waals surface area (Å²) in [6.45, 7) is 1.29. The quantitative estimate of drug-likeness (QED) is 0.522. The number of aromatic nitrogens is 2. The molecule has 0 amide bonds. The lowest BCUT2D eigenvalue weighted by atomic mass is 9.98. The maximum absolute atomic E-state index is 11.0. The van der Waals surface area contributed by atoms with Crippen LogP contribution in [0.4, 0.5) is 5.82 Å². The molecule has 18 heavy (non-hydrogen) atoms. The van der Waals surface area contributed by atoms with Gasteiger partial charge in [-0.1, -0.05) is 23.4 Å². The van der Waals surface area contributed by atoms with Gasteiger partial charge in [-0.25, -0.2) is 9.97 Å². The molecule has 0 aliphatic carbocycles. The Bertz CT molecular complexity index is 458. The van der Waals surface area contributed by atoms with E-state index in [1.54, 1.807) is 6.07 Å². The minimum absolute atomic E-state index is 0.328. The third-order valence-corrected chi connectivity index (χ3v) is 3.68. The van der Waals surface area contributed by atoms with Crippen molar-refractivity contribution in [1.29, 1.82) is 0 Å². The normalized spacial score (nSPS) is 19.9. The van der Waals surface area contributed by atoms with Crippen molar-refractivity contribution in [3.05, 3.63) is 11.2 Å². The first-order valence-corrected chi connectivity index (χ1v) is 7.26. The van der Waals surface area contributed by atoms with Gasteiger partial charge >= 0.3 is 5.97 Å². The lowest BCUT2D eigenvalue weighted by Gasteiger charge is -2.31. The molecule has 1 fully saturated rings. The summed E-state index contributed by atoms with van der Waals surface area (Å²) < 4.78 is 0. The number of carboxylic acids is 1. The monoisotopic (exact) mass is 287 g/mol. The Labute approximate surface area is 115 Å². The average molecular weight is 288 g/mol. The van der Waals surface area contributed by atoms with Crippen molar-refractivity contribution < 1.29 is 9.90 Å². The van der Waals surface area contributed by atoms with Gasteiger partial charge in [-0.05, 0) is 19.1 Å². The molecular weight excluding hydrogens is 274 g/mol. The Morgan fingerprint density at radius 3 is 3.06 bits per heavy atom. The molecule has 0 bridgehead atoms. The highest BCUT2D eigenvalue weighted by Gasteiger charge is 2.26. The number of rotatable bonds is 3. The molecule has 1 aromatic heterocycles. The van der Waals surface area contributed by atoms with Gasteiger partial charge in [-0.3, -0.25) is 4.79 Å². The van der Waals surface area contributed by atoms with E-state index in [0.29, 0.717) is 22.7 Å². The highest BCUT2D eigenvalue weighted by atomic mass is 35.5. The molecular formula is C11H14ClN3O2S. The summed E-state index contributed by atoms with van der Waals surface area (Å²) >= 11 is 7.36. The zero-order valence-electron chi connectivity index (χ0n) is 9.97. The summed E-state index contributed by atoms with van der Waals surface area (Å²) in [6, 6.07) is 1.69. The molecule has 98 valence electrons. The van der Waals surface area contributed by atoms with Crippen LogP contribution in [0.2, 0.25) is 5.15 Å². The fraction of sp³-hybridized carbons (Fsp3) is 0.545. The van der Waals surface area contributed by atoms with Gasteiger partial charge in [-0.2, -0.15) is 0 Å². The minimum atomic E-state index is -0.745. The topological polar surface area (TPSA) is 66.3 Å². The van der Waals surface area contributed by atoms with Crippen LogP contribution in [0, 0.1) is 5.92 Å². The van der Waals surface area contributed by atoms with E-state index in [2.05, 4.69) is 9.97 Å². The molecule has 1 atom stereocenters. The summed E-state index contributed by atoms with van der Waals surface area (Å²) in [5.74, 6) is -0.361. The molecule has 1 aliphatic rings. The van der Waals surface area contributed by atoms with Gasteiger partial charge in [0, 0.05) is 19.2 Å². The van der Waals surface area contributed by atoms with E-state index in [-0.39, 0.29) is 5.92 Å². The van der Waals surface area contributed by atoms with E-state index in [1.807, 2.05) is 11.2 Å². The largest absolute Gasteiger partial charge is 0.481 e. The second-order valence-corrected chi connectivity index (χ2v) is 5.32. The zero-order chi connectivity index (χ0) is 13.1. The van der Waals surface area contributed by atoms with Crippen molar-refractivity contribution >= 4 is 35.1 Å². The number of hydrogen-bond donors (Lipinski definition) is 1. The average Bonchev–Trinajstić information content (AvgIpc) is 2.38. The predicted octanol–water partition coefficient (Wildman–Crippen LogP) is 2.15. The lowest BCUT2D eigenvalue weighted by molar-refractivity contribution is -0.141. The fourth-order valence-electron chi connectivity index (χ4n) is 2.03. The van der Waals surface area contributed by atoms with E-state index in [0.717, 1.165) is 19.4 Å². The van der Waals surface area contributed by atoms with Crippen molar-refractivity contribution in [3.63, 3.8) is 0 Å². The summed E-state index contributed by atoms with van der Waals surface area (Å²) in [5.41, 5.74) is 0. The number of halogens is 1. The summed E-state index contributed by atoms with van der Waals surface area (Å²) in [5, 5.41) is 10.1. The van der Waals surface area contributed by atoms with Crippen LogP contribution in [-0.2, 0) is 4.79 Å². The third-order valence-electron chi connectivity index (χ3n) is 2.94. The Kier molecular flexibility index (Phi) is 4.29. The summed E-state index contributed by atoms with van der Waals surface area (Å²) in [7, 11) is 0. The van der Waals surface area contributed by atoms with Gasteiger partial charge in [0.1, 0.15) is 11.0 Å². The number of anilines is 1. The van der Waals surface area contributed by atoms with Crippen LogP contribution in [0.5, 0.6) is 0 Å². The molecule has 2 rings (SSSR count). The van der Waals surface area contributed by atoms with Crippen LogP contribution in [0.1, 0.15) is 12.8 Å². The number of carboxylic acid groups (broad SMARTS) is 1. The maximum atomic E-state index is 11.0. The van der Waals surface area contributed by atoms with Gasteiger partial charge in [0.25, 0.3) is 0 Å². The predicted molar refractivity (Wildman–Crippen MR) is 71.4 cm³/mol. The van der Waals surface area contributed by atoms with Crippen LogP contribution in [0.25, 0.3) is 0 Å². The fourth-order valence-corrected chi connectivity index (χ4v) is 2.63. The maximum Gasteiger partial charge on any atom is 0.308 e. The molecule has 0 aromatic carbocycles. The van der Waals surface area contributed by atoms with E-state index in [1.165, 1.54) is 11.8 Å². The smallest absolute Gasteiger partial charge is 0.308 e. The number of hydrogen-bond acceptors (Lipinski definition) is 5. The summed E-state index contributed by atoms with van der Waals surface area (Å²) in [4.78, 5) is 21.4. The van der Waals surface area contributed by atoms with E-state index < -0.39 is 5.97 Å². The molecule has 0 radical (unpaired) electrons. The second kappa shape index (κ2) is 5.75. The minimum Gasteiger partial charge on any atom is -0.481 e. The van der Waals surface area contributed by atoms with Crippen molar-refractivity contribution in [1.82, 2.24) is 9.97 Å². The molecule has 1 aromatic rings. The van der Waals surface area contributed by atoms with Crippen LogP contribution < -0.4 is 4.90 Å². The molecule has 1 saturated heterocycles. The molecule has 0 saturated carbocycles. The van der Waals surface area contributed by atoms with Crippen molar-refractivity contribution in [3.8, 4) is 0 Å². The third kappa shape index (κ3) is 3.05. The van der Waals surface area contributed by atoms with Crippen molar-refractivity contribution in [2.75, 3.05) is 24.2 Å². The standard InChI is InChI=1S/C11H14ClN3O2S/c1-18-11-13-8(12)5-9(14-11)15-4-2-3-7(6-15)10(16)17/h5,7H,2-4,6H2,1H3,(H,16,17)/t7-/m0/s1. The van der Waals surface area contributed by atoms with Crippen LogP contribution in [-0.4, -0.2) is 40.4 Å². The SMILES string of the molecule is CSc1nc(Cl)cc(N2CCC[C@H](C(=O)O)C2)n1. The highest BCUT2D eigenvalue weighted by molar-refractivity contribution is 7.98. The van der Waals surface area contributed by atoms with Gasteiger partial charge in [0.2, 0.25) is 0 Å². The highest BCUT2D eigenvalue weighted by Crippen LogP contribution is 2.25. The number of aliphatic carboxylic acids is 1. The second-order valence-electron chi connectivity index (χ2n) is 4.16. The Morgan fingerprint density at radius 1 is 1.61 bits per heavy atom. The van der Waals surface area contributed by atoms with E-state index >= 15 is 0 Å². The number of carbonyl (C=O) groups is 1. The first-order chi connectivity index (χ1) is 8.60. The number of thioether (sulfide) groups is 1. The van der Waals surface area contributed by atoms with E-state index in [9.17, 15) is 4.79 Å². The summed E-state index contributed by atoms with van der Waals surface area (Å²) in [6.07, 6.45) is 3.46. The Morgan fingerprint density at radius 2 is 2.39 bits per heavy atom. The zero-order valence-corrected chi connectivity index (χ0v) is 11.5. The van der Waals surface area contributed by atoms with Gasteiger partial charge < -0.3 is 10.0 Å². The molecule has 1 aliphatic heterocycles. The molecule has 2 heterocycles. The molecule has 0 spiro atoms. The van der Waals surface area contributed by atoms with Gasteiger partial charge in [0.15, 0.2) is 5.16 Å². The van der Waals surface area contributed by atoms with Crippen molar-refractivity contribution in [2.24, 2.45) is 5.92 Å². The van der Waals surface area contributed by atoms with Gasteiger partial charge in [0.05, 0.1) is 5.92 Å². The number of nitrogens with zero attached hydrogens (tertiary/aromatic N) is 3. The molecule has 0 unspecified atom stereocenters. The molecule has 5 nitrogen and oxygen atoms in total. The molecule has 7 heteroatoms. The van der Waals surface area contributed by atoms with Crippen LogP contribution in [0.3, 0.4) is 0 Å². The van der Waals surface area contributed by atoms with E-state index in [4.69, 9.17) is 16.7 Å². The van der Waals surface area contributed by atoms with Crippen molar-refractivity contribution in [2.45, 2.75) is 18.0 Å². The van der Waals surface area contributed by atoms with Crippen LogP contribution in [0.15, 0.2) is 11.2 Å². The molecule has 1 N–H and O–H groups in total. The first kappa shape index (κ1) is 13.4. The Balaban J connectivity index is 2.20. The lowest BCUT2D eigenvalue weighted by Crippen LogP contribution is -2.39.